The van der Waals surface area contributed by atoms with E-state index in [4.69, 9.17) is 38.9 Å². The topological polar surface area (TPSA) is 101 Å². The van der Waals surface area contributed by atoms with E-state index in [1.807, 2.05) is 61.1 Å². The molecule has 36 heavy (non-hydrogen) atoms. The number of halogens is 2. The molecule has 0 aliphatic carbocycles. The van der Waals surface area contributed by atoms with Crippen LogP contribution in [0.5, 0.6) is 0 Å². The van der Waals surface area contributed by atoms with Crippen LogP contribution in [0.3, 0.4) is 0 Å². The van der Waals surface area contributed by atoms with Gasteiger partial charge in [-0.15, -0.1) is 0 Å². The number of nitrogens with one attached hydrogen (secondary N) is 2. The maximum atomic E-state index is 12.9. The lowest BCUT2D eigenvalue weighted by molar-refractivity contribution is -0.125. The van der Waals surface area contributed by atoms with Gasteiger partial charge in [-0.05, 0) is 37.6 Å². The van der Waals surface area contributed by atoms with E-state index < -0.39 is 5.41 Å². The molecule has 0 saturated carbocycles. The number of imidazole rings is 1. The molecule has 0 bridgehead atoms. The van der Waals surface area contributed by atoms with Crippen LogP contribution < -0.4 is 11.1 Å². The second-order valence-corrected chi connectivity index (χ2v) is 10.1. The molecule has 1 amide bonds. The fourth-order valence-electron chi connectivity index (χ4n) is 4.26. The van der Waals surface area contributed by atoms with Crippen molar-refractivity contribution in [3.63, 3.8) is 0 Å². The minimum atomic E-state index is -0.858. The number of carbonyl (C=O) groups is 1. The summed E-state index contributed by atoms with van der Waals surface area (Å²) in [5, 5.41) is 4.94. The molecule has 0 spiro atoms. The van der Waals surface area contributed by atoms with Gasteiger partial charge in [0.05, 0.1) is 32.5 Å². The highest BCUT2D eigenvalue weighted by Crippen LogP contribution is 2.31. The largest absolute Gasteiger partial charge is 0.361 e. The predicted octanol–water partition coefficient (Wildman–Crippen LogP) is 5.13. The lowest BCUT2D eigenvalue weighted by Crippen LogP contribution is -2.42. The highest BCUT2D eigenvalue weighted by molar-refractivity contribution is 6.42. The molecular formula is C27H26Cl2N6O. The molecule has 184 valence electrons. The molecule has 0 saturated heterocycles. The van der Waals surface area contributed by atoms with E-state index >= 15 is 0 Å². The average molecular weight is 521 g/mol. The molecule has 5 aromatic rings. The zero-order chi connectivity index (χ0) is 25.4. The predicted molar refractivity (Wildman–Crippen MR) is 145 cm³/mol. The monoisotopic (exact) mass is 520 g/mol. The molecule has 0 atom stereocenters. The number of para-hydroxylation sites is 1. The number of hydrogen-bond acceptors (Lipinski definition) is 4. The fraction of sp³-hybridized carbons (Fsp3) is 0.222. The Kier molecular flexibility index (Phi) is 6.47. The molecule has 0 radical (unpaired) electrons. The molecule has 0 aliphatic rings. The molecule has 3 heterocycles. The van der Waals surface area contributed by atoms with Crippen LogP contribution in [0.1, 0.15) is 30.8 Å². The molecule has 5 rings (SSSR count). The van der Waals surface area contributed by atoms with Crippen LogP contribution in [0.15, 0.2) is 61.1 Å². The molecule has 0 aliphatic heterocycles. The van der Waals surface area contributed by atoms with Gasteiger partial charge in [0.25, 0.3) is 0 Å². The van der Waals surface area contributed by atoms with Crippen molar-refractivity contribution in [3.8, 4) is 11.3 Å². The van der Waals surface area contributed by atoms with Crippen molar-refractivity contribution in [1.29, 1.82) is 0 Å². The summed E-state index contributed by atoms with van der Waals surface area (Å²) >= 11 is 12.5. The normalized spacial score (nSPS) is 11.9. The summed E-state index contributed by atoms with van der Waals surface area (Å²) < 4.78 is 1.93. The Morgan fingerprint density at radius 3 is 2.69 bits per heavy atom. The average Bonchev–Trinajstić information content (AvgIpc) is 3.49. The van der Waals surface area contributed by atoms with E-state index in [1.165, 1.54) is 0 Å². The summed E-state index contributed by atoms with van der Waals surface area (Å²) in [5.41, 5.74) is 10.6. The number of nitrogens with zero attached hydrogens (tertiary/aromatic N) is 3. The first-order valence-electron chi connectivity index (χ1n) is 11.7. The van der Waals surface area contributed by atoms with Crippen molar-refractivity contribution < 1.29 is 4.79 Å². The Labute approximate surface area is 218 Å². The Balaban J connectivity index is 1.65. The van der Waals surface area contributed by atoms with E-state index in [0.29, 0.717) is 40.9 Å². The number of fused-ring (bicyclic) bond motifs is 2. The van der Waals surface area contributed by atoms with Gasteiger partial charge in [0.1, 0.15) is 0 Å². The summed E-state index contributed by atoms with van der Waals surface area (Å²) in [6, 6.07) is 13.6. The van der Waals surface area contributed by atoms with E-state index in [1.54, 1.807) is 12.1 Å². The zero-order valence-corrected chi connectivity index (χ0v) is 21.5. The smallest absolute Gasteiger partial charge is 0.231 e. The van der Waals surface area contributed by atoms with Gasteiger partial charge in [0, 0.05) is 54.6 Å². The van der Waals surface area contributed by atoms with Crippen molar-refractivity contribution in [1.82, 2.24) is 24.7 Å². The van der Waals surface area contributed by atoms with Crippen molar-refractivity contribution in [2.24, 2.45) is 5.73 Å². The minimum Gasteiger partial charge on any atom is -0.361 e. The first kappa shape index (κ1) is 24.3. The molecule has 7 nitrogen and oxygen atoms in total. The second kappa shape index (κ2) is 9.58. The van der Waals surface area contributed by atoms with Crippen LogP contribution in [0.4, 0.5) is 0 Å². The summed E-state index contributed by atoms with van der Waals surface area (Å²) in [7, 11) is 0. The van der Waals surface area contributed by atoms with Gasteiger partial charge in [-0.25, -0.2) is 9.97 Å². The first-order chi connectivity index (χ1) is 17.3. The number of aromatic amines is 1. The van der Waals surface area contributed by atoms with E-state index in [2.05, 4.69) is 16.4 Å². The van der Waals surface area contributed by atoms with Crippen LogP contribution in [0.25, 0.3) is 27.8 Å². The maximum Gasteiger partial charge on any atom is 0.231 e. The molecular weight excluding hydrogens is 495 g/mol. The van der Waals surface area contributed by atoms with Gasteiger partial charge in [-0.3, -0.25) is 4.79 Å². The number of H-pyrrole nitrogens is 1. The molecule has 4 N–H and O–H groups in total. The molecule has 9 heteroatoms. The summed E-state index contributed by atoms with van der Waals surface area (Å²) in [6.45, 7) is 4.49. The highest BCUT2D eigenvalue weighted by Gasteiger charge is 2.33. The summed E-state index contributed by atoms with van der Waals surface area (Å²) in [5.74, 6) is -0.132. The van der Waals surface area contributed by atoms with Crippen molar-refractivity contribution in [2.45, 2.75) is 25.7 Å². The lowest BCUT2D eigenvalue weighted by Gasteiger charge is -2.21. The van der Waals surface area contributed by atoms with Crippen LogP contribution in [-0.4, -0.2) is 38.3 Å². The number of benzene rings is 2. The Hall–Kier alpha value is -3.39. The van der Waals surface area contributed by atoms with E-state index in [9.17, 15) is 4.79 Å². The van der Waals surface area contributed by atoms with Gasteiger partial charge in [0.15, 0.2) is 5.65 Å². The van der Waals surface area contributed by atoms with Crippen molar-refractivity contribution in [2.75, 3.05) is 13.1 Å². The number of carbonyl (C=O) groups excluding carboxylic acids is 1. The third-order valence-corrected chi connectivity index (χ3v) is 7.13. The Bertz CT molecular complexity index is 1590. The quantitative estimate of drug-likeness (QED) is 0.277. The number of hydrogen-bond donors (Lipinski definition) is 3. The highest BCUT2D eigenvalue weighted by atomic mass is 35.5. The molecule has 3 aromatic heterocycles. The zero-order valence-electron chi connectivity index (χ0n) is 20.0. The van der Waals surface area contributed by atoms with Gasteiger partial charge >= 0.3 is 0 Å². The van der Waals surface area contributed by atoms with Gasteiger partial charge in [-0.1, -0.05) is 47.5 Å². The van der Waals surface area contributed by atoms with Crippen LogP contribution >= 0.6 is 23.2 Å². The van der Waals surface area contributed by atoms with E-state index in [0.717, 1.165) is 33.4 Å². The van der Waals surface area contributed by atoms with Gasteiger partial charge in [0.2, 0.25) is 5.91 Å². The summed E-state index contributed by atoms with van der Waals surface area (Å²) in [6.07, 6.45) is 6.35. The molecule has 2 aromatic carbocycles. The minimum absolute atomic E-state index is 0.132. The van der Waals surface area contributed by atoms with Crippen molar-refractivity contribution >= 4 is 45.7 Å². The van der Waals surface area contributed by atoms with Crippen molar-refractivity contribution in [3.05, 3.63) is 88.1 Å². The van der Waals surface area contributed by atoms with Crippen LogP contribution in [-0.2, 0) is 16.6 Å². The Morgan fingerprint density at radius 1 is 1.11 bits per heavy atom. The number of aromatic nitrogens is 4. The summed E-state index contributed by atoms with van der Waals surface area (Å²) in [4.78, 5) is 26.1. The third kappa shape index (κ3) is 4.46. The van der Waals surface area contributed by atoms with Gasteiger partial charge < -0.3 is 20.4 Å². The fourth-order valence-corrected chi connectivity index (χ4v) is 4.56. The number of rotatable bonds is 7. The number of nitrogens with two attached hydrogens (primary N) is 1. The second-order valence-electron chi connectivity index (χ2n) is 9.26. The number of amides is 1. The van der Waals surface area contributed by atoms with Crippen LogP contribution in [0, 0.1) is 0 Å². The van der Waals surface area contributed by atoms with Gasteiger partial charge in [-0.2, -0.15) is 0 Å². The Morgan fingerprint density at radius 2 is 1.92 bits per heavy atom. The SMILES string of the molecule is CC(C)(C(=O)NCCN)c1cn2cc(-c3ccc(Cl)c(Cl)c3)nc(Cc3c[nH]c4ccccc34)c2n1. The standard InChI is InChI=1S/C27H26Cl2N6O/c1-27(2,26(36)31-10-9-30)24-15-35-14-23(16-7-8-19(28)20(29)11-16)33-22(25(35)34-24)12-17-13-32-21-6-4-3-5-18(17)21/h3-8,11,13-15,32H,9-10,12,30H2,1-2H3,(H,31,36). The maximum absolute atomic E-state index is 12.9. The third-order valence-electron chi connectivity index (χ3n) is 6.39. The lowest BCUT2D eigenvalue weighted by atomic mass is 9.89. The van der Waals surface area contributed by atoms with E-state index in [-0.39, 0.29) is 5.91 Å². The first-order valence-corrected chi connectivity index (χ1v) is 12.4. The molecule has 0 fully saturated rings. The molecule has 0 unspecified atom stereocenters. The van der Waals surface area contributed by atoms with Crippen LogP contribution in [0.2, 0.25) is 10.0 Å².